The molecular formula is C28H29FN2O3. The smallest absolute Gasteiger partial charge is 0.254 e. The molecule has 2 aromatic carbocycles. The van der Waals surface area contributed by atoms with E-state index in [1.807, 2.05) is 24.3 Å². The number of carbonyl (C=O) groups excluding carboxylic acids is 2. The molecule has 3 fully saturated rings. The number of nitrogens with zero attached hydrogens (tertiary/aromatic N) is 2. The second-order valence-electron chi connectivity index (χ2n) is 9.56. The van der Waals surface area contributed by atoms with E-state index in [4.69, 9.17) is 0 Å². The number of fused-ring (bicyclic) bond motifs is 1. The lowest BCUT2D eigenvalue weighted by Crippen LogP contribution is -2.73. The number of rotatable bonds is 3. The summed E-state index contributed by atoms with van der Waals surface area (Å²) >= 11 is 0. The number of amides is 2. The Balaban J connectivity index is 1.31. The highest BCUT2D eigenvalue weighted by molar-refractivity contribution is 5.97. The lowest BCUT2D eigenvalue weighted by atomic mass is 9.73. The van der Waals surface area contributed by atoms with Crippen LogP contribution in [0.3, 0.4) is 0 Å². The van der Waals surface area contributed by atoms with Gasteiger partial charge in [0.25, 0.3) is 5.91 Å². The van der Waals surface area contributed by atoms with Gasteiger partial charge >= 0.3 is 0 Å². The van der Waals surface area contributed by atoms with Crippen molar-refractivity contribution in [3.63, 3.8) is 0 Å². The van der Waals surface area contributed by atoms with E-state index in [0.29, 0.717) is 18.0 Å². The van der Waals surface area contributed by atoms with Crippen molar-refractivity contribution in [2.75, 3.05) is 19.7 Å². The standard InChI is InChI=1S/C28H29FN2O3/c29-23-14-12-22(13-15-23)28(34)30-16-24-27(25(18-32)31(24)26(33)17-30)21-10-8-20(9-11-21)7-6-19-4-2-1-3-5-19/h8-15,19,24-25,27,32H,1-5,16-18H2/t24-,25+,27+/m1/s1. The number of aliphatic hydroxyl groups excluding tert-OH is 1. The number of benzene rings is 2. The lowest BCUT2D eigenvalue weighted by molar-refractivity contribution is -0.159. The molecule has 176 valence electrons. The Morgan fingerprint density at radius 3 is 2.41 bits per heavy atom. The maximum Gasteiger partial charge on any atom is 0.254 e. The summed E-state index contributed by atoms with van der Waals surface area (Å²) in [7, 11) is 0. The quantitative estimate of drug-likeness (QED) is 0.713. The van der Waals surface area contributed by atoms with Gasteiger partial charge in [0.2, 0.25) is 5.91 Å². The Morgan fingerprint density at radius 2 is 1.74 bits per heavy atom. The van der Waals surface area contributed by atoms with E-state index < -0.39 is 5.82 Å². The van der Waals surface area contributed by atoms with Gasteiger partial charge in [0.05, 0.1) is 18.7 Å². The zero-order valence-electron chi connectivity index (χ0n) is 19.1. The van der Waals surface area contributed by atoms with Crippen LogP contribution in [-0.4, -0.2) is 58.5 Å². The fraction of sp³-hybridized carbons (Fsp3) is 0.429. The second kappa shape index (κ2) is 9.60. The molecule has 0 bridgehead atoms. The van der Waals surface area contributed by atoms with Gasteiger partial charge in [0.1, 0.15) is 12.4 Å². The molecule has 2 aliphatic heterocycles. The largest absolute Gasteiger partial charge is 0.394 e. The summed E-state index contributed by atoms with van der Waals surface area (Å²) < 4.78 is 13.3. The fourth-order valence-electron chi connectivity index (χ4n) is 5.65. The van der Waals surface area contributed by atoms with Crippen LogP contribution in [0.15, 0.2) is 48.5 Å². The Bertz CT molecular complexity index is 1110. The summed E-state index contributed by atoms with van der Waals surface area (Å²) in [6, 6.07) is 13.0. The van der Waals surface area contributed by atoms with Crippen LogP contribution in [-0.2, 0) is 4.79 Å². The Kier molecular flexibility index (Phi) is 6.38. The first-order chi connectivity index (χ1) is 16.5. The number of hydrogen-bond donors (Lipinski definition) is 1. The summed E-state index contributed by atoms with van der Waals surface area (Å²) in [4.78, 5) is 29.0. The minimum Gasteiger partial charge on any atom is -0.394 e. The average molecular weight is 461 g/mol. The Hall–Kier alpha value is -3.17. The minimum atomic E-state index is -0.408. The van der Waals surface area contributed by atoms with Crippen molar-refractivity contribution in [3.8, 4) is 11.8 Å². The third-order valence-electron chi connectivity index (χ3n) is 7.45. The summed E-state index contributed by atoms with van der Waals surface area (Å²) in [5.74, 6) is 6.29. The monoisotopic (exact) mass is 460 g/mol. The van der Waals surface area contributed by atoms with E-state index in [9.17, 15) is 19.1 Å². The summed E-state index contributed by atoms with van der Waals surface area (Å²) in [6.07, 6.45) is 6.21. The van der Waals surface area contributed by atoms with Gasteiger partial charge in [-0.25, -0.2) is 4.39 Å². The maximum absolute atomic E-state index is 13.3. The SMILES string of the molecule is O=C(c1ccc(F)cc1)N1CC(=O)N2[C@H](C1)[C@H](c1ccc(C#CC3CCCCC3)cc1)[C@@H]2CO. The molecule has 5 rings (SSSR count). The third-order valence-corrected chi connectivity index (χ3v) is 7.45. The van der Waals surface area contributed by atoms with E-state index in [1.54, 1.807) is 4.90 Å². The van der Waals surface area contributed by atoms with E-state index in [1.165, 1.54) is 61.3 Å². The molecule has 3 aliphatic rings. The molecular weight excluding hydrogens is 431 g/mol. The molecule has 2 heterocycles. The number of carbonyl (C=O) groups is 2. The molecule has 1 N–H and O–H groups in total. The van der Waals surface area contributed by atoms with Crippen LogP contribution in [0.5, 0.6) is 0 Å². The van der Waals surface area contributed by atoms with Crippen molar-refractivity contribution in [1.82, 2.24) is 9.80 Å². The van der Waals surface area contributed by atoms with Crippen molar-refractivity contribution in [3.05, 3.63) is 71.0 Å². The molecule has 0 spiro atoms. The van der Waals surface area contributed by atoms with Gasteiger partial charge in [0, 0.05) is 29.5 Å². The summed E-state index contributed by atoms with van der Waals surface area (Å²) in [6.45, 7) is 0.222. The molecule has 2 saturated heterocycles. The molecule has 1 saturated carbocycles. The number of piperazine rings is 1. The number of hydrogen-bond acceptors (Lipinski definition) is 3. The van der Waals surface area contributed by atoms with Crippen molar-refractivity contribution in [2.24, 2.45) is 5.92 Å². The second-order valence-corrected chi connectivity index (χ2v) is 9.56. The van der Waals surface area contributed by atoms with Crippen molar-refractivity contribution >= 4 is 11.8 Å². The van der Waals surface area contributed by atoms with E-state index >= 15 is 0 Å². The highest BCUT2D eigenvalue weighted by Gasteiger charge is 2.54. The van der Waals surface area contributed by atoms with Crippen LogP contribution >= 0.6 is 0 Å². The molecule has 6 heteroatoms. The zero-order valence-corrected chi connectivity index (χ0v) is 19.1. The van der Waals surface area contributed by atoms with Crippen LogP contribution in [0, 0.1) is 23.6 Å². The van der Waals surface area contributed by atoms with Gasteiger partial charge in [-0.2, -0.15) is 0 Å². The predicted octanol–water partition coefficient (Wildman–Crippen LogP) is 3.57. The third kappa shape index (κ3) is 4.33. The van der Waals surface area contributed by atoms with Gasteiger partial charge in [0.15, 0.2) is 0 Å². The van der Waals surface area contributed by atoms with E-state index in [0.717, 1.165) is 11.1 Å². The zero-order chi connectivity index (χ0) is 23.7. The lowest BCUT2D eigenvalue weighted by Gasteiger charge is -2.58. The first kappa shape index (κ1) is 22.6. The molecule has 1 aliphatic carbocycles. The number of aliphatic hydroxyl groups is 1. The van der Waals surface area contributed by atoms with Crippen LogP contribution in [0.2, 0.25) is 0 Å². The molecule has 2 aromatic rings. The summed E-state index contributed by atoms with van der Waals surface area (Å²) in [5, 5.41) is 10.0. The summed E-state index contributed by atoms with van der Waals surface area (Å²) in [5.41, 5.74) is 2.37. The normalized spacial score (nSPS) is 24.6. The average Bonchev–Trinajstić information content (AvgIpc) is 2.85. The van der Waals surface area contributed by atoms with Gasteiger partial charge in [-0.3, -0.25) is 9.59 Å². The molecule has 0 radical (unpaired) electrons. The Morgan fingerprint density at radius 1 is 1.03 bits per heavy atom. The van der Waals surface area contributed by atoms with Crippen molar-refractivity contribution < 1.29 is 19.1 Å². The van der Waals surface area contributed by atoms with Gasteiger partial charge in [-0.15, -0.1) is 0 Å². The maximum atomic E-state index is 13.3. The minimum absolute atomic E-state index is 0.0361. The van der Waals surface area contributed by atoms with Gasteiger partial charge in [-0.05, 0) is 54.8 Å². The molecule has 2 amide bonds. The topological polar surface area (TPSA) is 60.9 Å². The predicted molar refractivity (Wildman–Crippen MR) is 126 cm³/mol. The Labute approximate surface area is 199 Å². The van der Waals surface area contributed by atoms with Crippen LogP contribution in [0.25, 0.3) is 0 Å². The fourth-order valence-corrected chi connectivity index (χ4v) is 5.65. The first-order valence-electron chi connectivity index (χ1n) is 12.1. The van der Waals surface area contributed by atoms with Crippen LogP contribution < -0.4 is 0 Å². The first-order valence-corrected chi connectivity index (χ1v) is 12.1. The van der Waals surface area contributed by atoms with Gasteiger partial charge in [-0.1, -0.05) is 43.2 Å². The van der Waals surface area contributed by atoms with Gasteiger partial charge < -0.3 is 14.9 Å². The highest BCUT2D eigenvalue weighted by atomic mass is 19.1. The van der Waals surface area contributed by atoms with Crippen LogP contribution in [0.4, 0.5) is 4.39 Å². The highest BCUT2D eigenvalue weighted by Crippen LogP contribution is 2.43. The van der Waals surface area contributed by atoms with Crippen molar-refractivity contribution in [2.45, 2.75) is 50.1 Å². The molecule has 5 nitrogen and oxygen atoms in total. The van der Waals surface area contributed by atoms with E-state index in [2.05, 4.69) is 11.8 Å². The molecule has 0 aromatic heterocycles. The van der Waals surface area contributed by atoms with E-state index in [-0.39, 0.29) is 43.0 Å². The molecule has 0 unspecified atom stereocenters. The van der Waals surface area contributed by atoms with Crippen molar-refractivity contribution in [1.29, 1.82) is 0 Å². The molecule has 34 heavy (non-hydrogen) atoms. The van der Waals surface area contributed by atoms with Crippen LogP contribution in [0.1, 0.15) is 59.5 Å². The number of halogens is 1. The molecule has 3 atom stereocenters.